The van der Waals surface area contributed by atoms with Gasteiger partial charge in [0.1, 0.15) is 0 Å². The van der Waals surface area contributed by atoms with E-state index in [1.165, 1.54) is 31.2 Å². The Morgan fingerprint density at radius 2 is 2.14 bits per heavy atom. The van der Waals surface area contributed by atoms with Crippen LogP contribution in [-0.4, -0.2) is 24.0 Å². The molecule has 1 fully saturated rings. The van der Waals surface area contributed by atoms with Crippen LogP contribution in [0.25, 0.3) is 0 Å². The molecule has 118 valence electrons. The number of hydrogen-bond acceptors (Lipinski definition) is 2. The standard InChI is InChI=1S/C18H29BrN2/c1-14(2)17-9-4-5-10-18(17,13-20)21(3)12-15-7-6-8-16(19)11-15/h6-8,11,14,17H,4-5,9-10,12-13,20H2,1-3H3. The van der Waals surface area contributed by atoms with Crippen LogP contribution in [0.5, 0.6) is 0 Å². The molecule has 2 unspecified atom stereocenters. The summed E-state index contributed by atoms with van der Waals surface area (Å²) in [5.41, 5.74) is 7.82. The van der Waals surface area contributed by atoms with Crippen molar-refractivity contribution in [3.63, 3.8) is 0 Å². The van der Waals surface area contributed by atoms with Gasteiger partial charge in [0.05, 0.1) is 0 Å². The third kappa shape index (κ3) is 3.69. The molecule has 0 saturated heterocycles. The Bertz CT molecular complexity index is 460. The highest BCUT2D eigenvalue weighted by Crippen LogP contribution is 2.42. The molecule has 0 aromatic heterocycles. The molecule has 1 aromatic carbocycles. The zero-order chi connectivity index (χ0) is 15.5. The second-order valence-corrected chi connectivity index (χ2v) is 7.81. The minimum absolute atomic E-state index is 0.161. The van der Waals surface area contributed by atoms with Gasteiger partial charge in [-0.3, -0.25) is 4.90 Å². The molecule has 2 atom stereocenters. The topological polar surface area (TPSA) is 29.3 Å². The Morgan fingerprint density at radius 3 is 2.76 bits per heavy atom. The predicted molar refractivity (Wildman–Crippen MR) is 94.2 cm³/mol. The molecule has 0 aliphatic heterocycles. The largest absolute Gasteiger partial charge is 0.329 e. The van der Waals surface area contributed by atoms with E-state index >= 15 is 0 Å². The first-order valence-corrected chi connectivity index (χ1v) is 8.94. The quantitative estimate of drug-likeness (QED) is 0.849. The van der Waals surface area contributed by atoms with Gasteiger partial charge in [-0.05, 0) is 49.4 Å². The number of likely N-dealkylation sites (N-methyl/N-ethyl adjacent to an activating group) is 1. The van der Waals surface area contributed by atoms with Crippen molar-refractivity contribution in [3.8, 4) is 0 Å². The summed E-state index contributed by atoms with van der Waals surface area (Å²) in [6.07, 6.45) is 5.22. The average Bonchev–Trinajstić information content (AvgIpc) is 2.46. The Balaban J connectivity index is 2.21. The molecular formula is C18H29BrN2. The highest BCUT2D eigenvalue weighted by Gasteiger charge is 2.43. The van der Waals surface area contributed by atoms with Crippen molar-refractivity contribution in [2.24, 2.45) is 17.6 Å². The second-order valence-electron chi connectivity index (χ2n) is 6.89. The fourth-order valence-electron chi connectivity index (χ4n) is 4.15. The first kappa shape index (κ1) is 17.0. The smallest absolute Gasteiger partial charge is 0.0362 e. The fourth-order valence-corrected chi connectivity index (χ4v) is 4.60. The lowest BCUT2D eigenvalue weighted by Gasteiger charge is -2.51. The maximum absolute atomic E-state index is 6.30. The Labute approximate surface area is 138 Å². The van der Waals surface area contributed by atoms with Crippen LogP contribution in [0.4, 0.5) is 0 Å². The minimum atomic E-state index is 0.161. The van der Waals surface area contributed by atoms with Gasteiger partial charge in [-0.15, -0.1) is 0 Å². The van der Waals surface area contributed by atoms with Crippen LogP contribution in [0.1, 0.15) is 45.1 Å². The molecule has 1 aromatic rings. The lowest BCUT2D eigenvalue weighted by molar-refractivity contribution is -0.00184. The van der Waals surface area contributed by atoms with E-state index in [2.05, 4.69) is 66.0 Å². The van der Waals surface area contributed by atoms with E-state index in [-0.39, 0.29) is 5.54 Å². The molecule has 1 aliphatic carbocycles. The summed E-state index contributed by atoms with van der Waals surface area (Å²) in [6.45, 7) is 6.45. The lowest BCUT2D eigenvalue weighted by Crippen LogP contribution is -2.59. The van der Waals surface area contributed by atoms with E-state index in [0.717, 1.165) is 17.6 Å². The molecule has 2 nitrogen and oxygen atoms in total. The lowest BCUT2D eigenvalue weighted by atomic mass is 9.67. The molecule has 0 heterocycles. The van der Waals surface area contributed by atoms with E-state index in [1.807, 2.05) is 0 Å². The van der Waals surface area contributed by atoms with Crippen molar-refractivity contribution in [2.45, 2.75) is 51.6 Å². The van der Waals surface area contributed by atoms with Crippen LogP contribution in [0.15, 0.2) is 28.7 Å². The van der Waals surface area contributed by atoms with Gasteiger partial charge in [0.25, 0.3) is 0 Å². The highest BCUT2D eigenvalue weighted by molar-refractivity contribution is 9.10. The number of halogens is 1. The summed E-state index contributed by atoms with van der Waals surface area (Å²) in [7, 11) is 2.26. The Kier molecular flexibility index (Phi) is 5.87. The number of nitrogens with two attached hydrogens (primary N) is 1. The van der Waals surface area contributed by atoms with E-state index < -0.39 is 0 Å². The van der Waals surface area contributed by atoms with Crippen LogP contribution in [0.2, 0.25) is 0 Å². The van der Waals surface area contributed by atoms with Gasteiger partial charge in [-0.1, -0.05) is 54.8 Å². The van der Waals surface area contributed by atoms with Crippen LogP contribution in [-0.2, 0) is 6.54 Å². The summed E-state index contributed by atoms with van der Waals surface area (Å²) in [5.74, 6) is 1.40. The normalized spacial score (nSPS) is 26.5. The minimum Gasteiger partial charge on any atom is -0.329 e. The zero-order valence-electron chi connectivity index (χ0n) is 13.6. The van der Waals surface area contributed by atoms with Crippen molar-refractivity contribution < 1.29 is 0 Å². The van der Waals surface area contributed by atoms with Gasteiger partial charge in [0, 0.05) is 23.1 Å². The van der Waals surface area contributed by atoms with Crippen molar-refractivity contribution in [2.75, 3.05) is 13.6 Å². The second kappa shape index (κ2) is 7.26. The number of nitrogens with zero attached hydrogens (tertiary/aromatic N) is 1. The van der Waals surface area contributed by atoms with Gasteiger partial charge in [0.15, 0.2) is 0 Å². The van der Waals surface area contributed by atoms with Crippen LogP contribution in [0.3, 0.4) is 0 Å². The molecule has 0 bridgehead atoms. The highest BCUT2D eigenvalue weighted by atomic mass is 79.9. The molecule has 3 heteroatoms. The number of benzene rings is 1. The summed E-state index contributed by atoms with van der Waals surface area (Å²) in [5, 5.41) is 0. The summed E-state index contributed by atoms with van der Waals surface area (Å²) in [6, 6.07) is 8.62. The van der Waals surface area contributed by atoms with E-state index in [1.54, 1.807) is 0 Å². The maximum Gasteiger partial charge on any atom is 0.0362 e. The average molecular weight is 353 g/mol. The van der Waals surface area contributed by atoms with Gasteiger partial charge >= 0.3 is 0 Å². The first-order valence-electron chi connectivity index (χ1n) is 8.15. The van der Waals surface area contributed by atoms with Crippen molar-refractivity contribution in [1.82, 2.24) is 4.90 Å². The summed E-state index contributed by atoms with van der Waals surface area (Å²) < 4.78 is 1.15. The number of hydrogen-bond donors (Lipinski definition) is 1. The zero-order valence-corrected chi connectivity index (χ0v) is 15.2. The Morgan fingerprint density at radius 1 is 1.38 bits per heavy atom. The van der Waals surface area contributed by atoms with Gasteiger partial charge in [-0.25, -0.2) is 0 Å². The third-order valence-electron chi connectivity index (χ3n) is 5.29. The third-order valence-corrected chi connectivity index (χ3v) is 5.79. The van der Waals surface area contributed by atoms with Gasteiger partial charge < -0.3 is 5.73 Å². The molecule has 1 aliphatic rings. The molecule has 1 saturated carbocycles. The molecule has 0 amide bonds. The molecule has 0 spiro atoms. The number of rotatable bonds is 5. The van der Waals surface area contributed by atoms with Crippen molar-refractivity contribution in [1.29, 1.82) is 0 Å². The van der Waals surface area contributed by atoms with E-state index in [4.69, 9.17) is 5.73 Å². The maximum atomic E-state index is 6.30. The molecule has 2 N–H and O–H groups in total. The fraction of sp³-hybridized carbons (Fsp3) is 0.667. The van der Waals surface area contributed by atoms with Crippen molar-refractivity contribution in [3.05, 3.63) is 34.3 Å². The van der Waals surface area contributed by atoms with Crippen LogP contribution >= 0.6 is 15.9 Å². The molecule has 0 radical (unpaired) electrons. The van der Waals surface area contributed by atoms with E-state index in [0.29, 0.717) is 11.8 Å². The SMILES string of the molecule is CC(C)C1CCCCC1(CN)N(C)Cc1cccc(Br)c1. The molecular weight excluding hydrogens is 324 g/mol. The molecule has 21 heavy (non-hydrogen) atoms. The Hall–Kier alpha value is -0.380. The summed E-state index contributed by atoms with van der Waals surface area (Å²) in [4.78, 5) is 2.53. The first-order chi connectivity index (χ1) is 9.99. The van der Waals surface area contributed by atoms with Crippen molar-refractivity contribution >= 4 is 15.9 Å². The van der Waals surface area contributed by atoms with E-state index in [9.17, 15) is 0 Å². The van der Waals surface area contributed by atoms with Gasteiger partial charge in [-0.2, -0.15) is 0 Å². The summed E-state index contributed by atoms with van der Waals surface area (Å²) >= 11 is 3.57. The van der Waals surface area contributed by atoms with Crippen LogP contribution < -0.4 is 5.73 Å². The van der Waals surface area contributed by atoms with Crippen LogP contribution in [0, 0.1) is 11.8 Å². The monoisotopic (exact) mass is 352 g/mol. The van der Waals surface area contributed by atoms with Gasteiger partial charge in [0.2, 0.25) is 0 Å². The predicted octanol–water partition coefficient (Wildman–Crippen LogP) is 4.42. The molecule has 2 rings (SSSR count).